The van der Waals surface area contributed by atoms with Gasteiger partial charge in [-0.1, -0.05) is 32.0 Å². The number of Topliss-reactive ketones (excluding diaryl/α,β-unsaturated/α-hetero) is 1. The molecule has 2 fully saturated rings. The highest BCUT2D eigenvalue weighted by molar-refractivity contribution is 7.91. The molecule has 3 atom stereocenters. The molecule has 0 saturated heterocycles. The lowest BCUT2D eigenvalue weighted by atomic mass is 9.70. The Balaban J connectivity index is 1.98. The van der Waals surface area contributed by atoms with Gasteiger partial charge in [0, 0.05) is 11.8 Å². The fourth-order valence-electron chi connectivity index (χ4n) is 4.13. The zero-order valence-electron chi connectivity index (χ0n) is 11.9. The number of rotatable bonds is 3. The fourth-order valence-corrected chi connectivity index (χ4v) is 6.22. The van der Waals surface area contributed by atoms with Crippen LogP contribution in [0.4, 0.5) is 0 Å². The molecular formula is C16H20O3S. The number of carbonyl (C=O) groups is 1. The molecule has 3 rings (SSSR count). The third-order valence-electron chi connectivity index (χ3n) is 5.79. The Labute approximate surface area is 120 Å². The van der Waals surface area contributed by atoms with Crippen molar-refractivity contribution in [2.45, 2.75) is 38.0 Å². The van der Waals surface area contributed by atoms with E-state index in [0.29, 0.717) is 11.3 Å². The Morgan fingerprint density at radius 1 is 1.20 bits per heavy atom. The highest BCUT2D eigenvalue weighted by Crippen LogP contribution is 2.64. The largest absolute Gasteiger partial charge is 0.299 e. The van der Waals surface area contributed by atoms with Gasteiger partial charge in [0.1, 0.15) is 5.78 Å². The van der Waals surface area contributed by atoms with E-state index >= 15 is 0 Å². The van der Waals surface area contributed by atoms with Crippen molar-refractivity contribution in [3.63, 3.8) is 0 Å². The number of fused-ring (bicyclic) bond motifs is 2. The van der Waals surface area contributed by atoms with E-state index in [-0.39, 0.29) is 17.5 Å². The Morgan fingerprint density at radius 2 is 1.85 bits per heavy atom. The molecule has 20 heavy (non-hydrogen) atoms. The summed E-state index contributed by atoms with van der Waals surface area (Å²) in [5, 5.41) is 0. The second kappa shape index (κ2) is 4.17. The molecule has 0 N–H and O–H groups in total. The van der Waals surface area contributed by atoms with Crippen LogP contribution >= 0.6 is 0 Å². The monoisotopic (exact) mass is 292 g/mol. The van der Waals surface area contributed by atoms with Gasteiger partial charge < -0.3 is 0 Å². The summed E-state index contributed by atoms with van der Waals surface area (Å²) in [7, 11) is -3.34. The van der Waals surface area contributed by atoms with Gasteiger partial charge in [0.15, 0.2) is 9.84 Å². The number of hydrogen-bond acceptors (Lipinski definition) is 3. The molecule has 1 aromatic rings. The molecule has 0 spiro atoms. The number of benzene rings is 1. The fraction of sp³-hybridized carbons (Fsp3) is 0.562. The van der Waals surface area contributed by atoms with Crippen LogP contribution < -0.4 is 0 Å². The van der Waals surface area contributed by atoms with E-state index < -0.39 is 20.7 Å². The minimum absolute atomic E-state index is 0.0803. The summed E-state index contributed by atoms with van der Waals surface area (Å²) >= 11 is 0. The van der Waals surface area contributed by atoms with E-state index in [0.717, 1.165) is 12.8 Å². The van der Waals surface area contributed by atoms with Gasteiger partial charge in [0.05, 0.1) is 10.6 Å². The Hall–Kier alpha value is -1.16. The van der Waals surface area contributed by atoms with Crippen molar-refractivity contribution in [2.75, 3.05) is 5.75 Å². The maximum absolute atomic E-state index is 12.6. The van der Waals surface area contributed by atoms with Crippen molar-refractivity contribution >= 4 is 15.6 Å². The summed E-state index contributed by atoms with van der Waals surface area (Å²) in [6, 6.07) is 8.57. The average molecular weight is 292 g/mol. The van der Waals surface area contributed by atoms with Gasteiger partial charge in [-0.05, 0) is 36.3 Å². The van der Waals surface area contributed by atoms with E-state index in [1.807, 2.05) is 19.9 Å². The molecule has 0 radical (unpaired) electrons. The van der Waals surface area contributed by atoms with Gasteiger partial charge in [-0.3, -0.25) is 4.79 Å². The predicted octanol–water partition coefficient (Wildman–Crippen LogP) is 2.86. The summed E-state index contributed by atoms with van der Waals surface area (Å²) in [6.07, 6.45) is 2.36. The van der Waals surface area contributed by atoms with Gasteiger partial charge in [-0.15, -0.1) is 0 Å². The van der Waals surface area contributed by atoms with Gasteiger partial charge in [-0.25, -0.2) is 8.42 Å². The van der Waals surface area contributed by atoms with E-state index in [9.17, 15) is 13.2 Å². The quantitative estimate of drug-likeness (QED) is 0.860. The molecular weight excluding hydrogens is 272 g/mol. The van der Waals surface area contributed by atoms with E-state index in [4.69, 9.17) is 0 Å². The van der Waals surface area contributed by atoms with Crippen LogP contribution in [0.15, 0.2) is 35.2 Å². The van der Waals surface area contributed by atoms with Crippen LogP contribution in [-0.2, 0) is 14.6 Å². The third-order valence-corrected chi connectivity index (χ3v) is 7.76. The molecule has 0 aliphatic heterocycles. The SMILES string of the molecule is CC12CCC(CC1=O)C2(C)CS(=O)(=O)c1ccccc1. The van der Waals surface area contributed by atoms with Crippen LogP contribution in [0.25, 0.3) is 0 Å². The maximum Gasteiger partial charge on any atom is 0.178 e. The van der Waals surface area contributed by atoms with Crippen molar-refractivity contribution in [1.82, 2.24) is 0 Å². The normalized spacial score (nSPS) is 36.5. The van der Waals surface area contributed by atoms with Gasteiger partial charge >= 0.3 is 0 Å². The van der Waals surface area contributed by atoms with Crippen LogP contribution in [0.1, 0.15) is 33.1 Å². The molecule has 0 aromatic heterocycles. The highest BCUT2D eigenvalue weighted by Gasteiger charge is 2.64. The maximum atomic E-state index is 12.6. The summed E-state index contributed by atoms with van der Waals surface area (Å²) in [5.41, 5.74) is -0.877. The Bertz CT molecular complexity index is 650. The van der Waals surface area contributed by atoms with Crippen molar-refractivity contribution in [3.05, 3.63) is 30.3 Å². The zero-order chi connectivity index (χ0) is 14.6. The Morgan fingerprint density at radius 3 is 2.35 bits per heavy atom. The minimum Gasteiger partial charge on any atom is -0.299 e. The van der Waals surface area contributed by atoms with Crippen molar-refractivity contribution < 1.29 is 13.2 Å². The molecule has 0 amide bonds. The van der Waals surface area contributed by atoms with E-state index in [1.165, 1.54) is 0 Å². The molecule has 2 aliphatic rings. The van der Waals surface area contributed by atoms with Gasteiger partial charge in [-0.2, -0.15) is 0 Å². The second-order valence-corrected chi connectivity index (χ2v) is 8.67. The summed E-state index contributed by atoms with van der Waals surface area (Å²) in [4.78, 5) is 12.6. The van der Waals surface area contributed by atoms with Crippen LogP contribution in [-0.4, -0.2) is 20.0 Å². The molecule has 0 heterocycles. The molecule has 2 aliphatic carbocycles. The minimum atomic E-state index is -3.34. The van der Waals surface area contributed by atoms with Gasteiger partial charge in [0.25, 0.3) is 0 Å². The van der Waals surface area contributed by atoms with Crippen LogP contribution in [0.5, 0.6) is 0 Å². The van der Waals surface area contributed by atoms with Crippen LogP contribution in [0, 0.1) is 16.7 Å². The van der Waals surface area contributed by atoms with Crippen LogP contribution in [0.2, 0.25) is 0 Å². The first-order valence-electron chi connectivity index (χ1n) is 7.11. The summed E-state index contributed by atoms with van der Waals surface area (Å²) < 4.78 is 25.3. The lowest BCUT2D eigenvalue weighted by Gasteiger charge is -2.36. The number of carbonyl (C=O) groups excluding carboxylic acids is 1. The van der Waals surface area contributed by atoms with E-state index in [1.54, 1.807) is 24.3 Å². The summed E-state index contributed by atoms with van der Waals surface area (Å²) in [5.74, 6) is 0.551. The van der Waals surface area contributed by atoms with Crippen molar-refractivity contribution in [2.24, 2.45) is 16.7 Å². The van der Waals surface area contributed by atoms with E-state index in [2.05, 4.69) is 0 Å². The molecule has 3 unspecified atom stereocenters. The second-order valence-electron chi connectivity index (χ2n) is 6.68. The lowest BCUT2D eigenvalue weighted by Crippen LogP contribution is -2.40. The molecule has 3 nitrogen and oxygen atoms in total. The summed E-state index contributed by atoms with van der Waals surface area (Å²) in [6.45, 7) is 3.96. The van der Waals surface area contributed by atoms with Crippen LogP contribution in [0.3, 0.4) is 0 Å². The first kappa shape index (κ1) is 13.8. The lowest BCUT2D eigenvalue weighted by molar-refractivity contribution is -0.128. The Kier molecular flexibility index (Phi) is 2.88. The molecule has 108 valence electrons. The smallest absolute Gasteiger partial charge is 0.178 e. The zero-order valence-corrected chi connectivity index (χ0v) is 12.7. The average Bonchev–Trinajstić information content (AvgIpc) is 2.74. The predicted molar refractivity (Wildman–Crippen MR) is 77.1 cm³/mol. The van der Waals surface area contributed by atoms with Crippen molar-refractivity contribution in [3.8, 4) is 0 Å². The molecule has 1 aromatic carbocycles. The van der Waals surface area contributed by atoms with Gasteiger partial charge in [0.2, 0.25) is 0 Å². The third kappa shape index (κ3) is 1.70. The first-order valence-corrected chi connectivity index (χ1v) is 8.76. The van der Waals surface area contributed by atoms with Crippen molar-refractivity contribution in [1.29, 1.82) is 0 Å². The number of hydrogen-bond donors (Lipinski definition) is 0. The highest BCUT2D eigenvalue weighted by atomic mass is 32.2. The number of ketones is 1. The first-order chi connectivity index (χ1) is 9.30. The molecule has 2 saturated carbocycles. The standard InChI is InChI=1S/C16H20O3S/c1-15-9-8-12(10-14(15)17)16(15,2)11-20(18,19)13-6-4-3-5-7-13/h3-7,12H,8-11H2,1-2H3. The molecule has 4 heteroatoms. The number of sulfone groups is 1. The molecule has 2 bridgehead atoms. The topological polar surface area (TPSA) is 51.2 Å².